The van der Waals surface area contributed by atoms with Crippen LogP contribution < -0.4 is 5.11 Å². The van der Waals surface area contributed by atoms with Gasteiger partial charge < -0.3 is 33.6 Å². The average molecular weight is 382 g/mol. The fourth-order valence-corrected chi connectivity index (χ4v) is 2.30. The first-order valence-electron chi connectivity index (χ1n) is 8.96. The van der Waals surface area contributed by atoms with Crippen molar-refractivity contribution in [2.75, 3.05) is 46.1 Å². The first kappa shape index (κ1) is 24.6. The molecular weight excluding hydrogens is 348 g/mol. The zero-order valence-electron chi connectivity index (χ0n) is 15.1. The fourth-order valence-electron chi connectivity index (χ4n) is 2.08. The molecule has 0 heterocycles. The van der Waals surface area contributed by atoms with Crippen LogP contribution in [0.15, 0.2) is 0 Å². The van der Waals surface area contributed by atoms with E-state index >= 15 is 0 Å². The Morgan fingerprint density at radius 1 is 0.640 bits per heavy atom. The molecule has 0 radical (unpaired) electrons. The van der Waals surface area contributed by atoms with Crippen LogP contribution in [0.25, 0.3) is 0 Å². The molecule has 0 atom stereocenters. The number of rotatable bonds is 21. The zero-order chi connectivity index (χ0) is 18.4. The predicted molar refractivity (Wildman–Crippen MR) is 95.0 cm³/mol. The van der Waals surface area contributed by atoms with Gasteiger partial charge in [-0.25, -0.2) is 0 Å². The highest BCUT2D eigenvalue weighted by molar-refractivity contribution is 7.80. The standard InChI is InChI=1S/C17H34O7S/c18-17(19)12-21-14-23-16-24-15-22-13-20-10-8-6-4-2-1-3-5-7-9-11-25/h25H,1-16H2,(H,18,19)/p-1. The maximum atomic E-state index is 10.0. The van der Waals surface area contributed by atoms with Crippen molar-refractivity contribution in [3.8, 4) is 0 Å². The monoisotopic (exact) mass is 381 g/mol. The molecule has 0 bridgehead atoms. The summed E-state index contributed by atoms with van der Waals surface area (Å²) < 4.78 is 24.8. The lowest BCUT2D eigenvalue weighted by Gasteiger charge is -2.08. The van der Waals surface area contributed by atoms with Gasteiger partial charge in [-0.2, -0.15) is 12.6 Å². The third-order valence-electron chi connectivity index (χ3n) is 3.33. The molecule has 0 saturated heterocycles. The molecule has 25 heavy (non-hydrogen) atoms. The molecule has 0 N–H and O–H groups in total. The van der Waals surface area contributed by atoms with Gasteiger partial charge in [0.25, 0.3) is 0 Å². The van der Waals surface area contributed by atoms with E-state index in [-0.39, 0.29) is 27.2 Å². The molecule has 0 aliphatic rings. The number of carbonyl (C=O) groups excluding carboxylic acids is 1. The van der Waals surface area contributed by atoms with Crippen molar-refractivity contribution in [2.24, 2.45) is 0 Å². The van der Waals surface area contributed by atoms with E-state index in [1.54, 1.807) is 0 Å². The van der Waals surface area contributed by atoms with E-state index in [0.717, 1.165) is 12.2 Å². The van der Waals surface area contributed by atoms with Crippen LogP contribution in [0.4, 0.5) is 0 Å². The summed E-state index contributed by atoms with van der Waals surface area (Å²) in [6.45, 7) is 0.220. The smallest absolute Gasteiger partial charge is 0.152 e. The van der Waals surface area contributed by atoms with Gasteiger partial charge in [-0.3, -0.25) is 0 Å². The van der Waals surface area contributed by atoms with Crippen molar-refractivity contribution < 1.29 is 33.6 Å². The van der Waals surface area contributed by atoms with Crippen LogP contribution in [0.2, 0.25) is 0 Å². The third-order valence-corrected chi connectivity index (χ3v) is 3.65. The van der Waals surface area contributed by atoms with Crippen LogP contribution in [-0.4, -0.2) is 52.1 Å². The molecule has 0 aromatic carbocycles. The number of carboxylic acid groups (broad SMARTS) is 1. The summed E-state index contributed by atoms with van der Waals surface area (Å²) in [5, 5.41) is 10.0. The minimum atomic E-state index is -1.29. The predicted octanol–water partition coefficient (Wildman–Crippen LogP) is 2.09. The topological polar surface area (TPSA) is 86.3 Å². The minimum Gasteiger partial charge on any atom is -0.548 e. The van der Waals surface area contributed by atoms with Gasteiger partial charge in [-0.1, -0.05) is 44.9 Å². The normalized spacial score (nSPS) is 11.1. The Labute approximate surface area is 156 Å². The highest BCUT2D eigenvalue weighted by Crippen LogP contribution is 2.09. The van der Waals surface area contributed by atoms with Crippen molar-refractivity contribution in [3.63, 3.8) is 0 Å². The van der Waals surface area contributed by atoms with Gasteiger partial charge in [-0.05, 0) is 18.6 Å². The lowest BCUT2D eigenvalue weighted by atomic mass is 10.1. The van der Waals surface area contributed by atoms with Gasteiger partial charge in [0.2, 0.25) is 0 Å². The summed E-state index contributed by atoms with van der Waals surface area (Å²) in [5.74, 6) is -0.282. The number of unbranched alkanes of at least 4 members (excludes halogenated alkanes) is 8. The van der Waals surface area contributed by atoms with E-state index < -0.39 is 12.6 Å². The Hall–Kier alpha value is -0.380. The van der Waals surface area contributed by atoms with Crippen molar-refractivity contribution in [1.82, 2.24) is 0 Å². The second-order valence-electron chi connectivity index (χ2n) is 5.62. The molecule has 0 unspecified atom stereocenters. The summed E-state index contributed by atoms with van der Waals surface area (Å²) in [7, 11) is 0. The van der Waals surface area contributed by atoms with E-state index in [1.165, 1.54) is 51.4 Å². The summed E-state index contributed by atoms with van der Waals surface area (Å²) >= 11 is 4.21. The molecule has 0 aromatic heterocycles. The van der Waals surface area contributed by atoms with Crippen molar-refractivity contribution in [3.05, 3.63) is 0 Å². The number of thiol groups is 1. The Morgan fingerprint density at radius 2 is 1.08 bits per heavy atom. The molecular formula is C17H33O7S-. The molecule has 0 aliphatic heterocycles. The van der Waals surface area contributed by atoms with Gasteiger partial charge in [0.05, 0.1) is 12.6 Å². The molecule has 7 nitrogen and oxygen atoms in total. The lowest BCUT2D eigenvalue weighted by Crippen LogP contribution is -2.28. The van der Waals surface area contributed by atoms with Gasteiger partial charge in [-0.15, -0.1) is 0 Å². The van der Waals surface area contributed by atoms with E-state index in [2.05, 4.69) is 17.4 Å². The van der Waals surface area contributed by atoms with Crippen LogP contribution in [0.1, 0.15) is 57.8 Å². The lowest BCUT2D eigenvalue weighted by molar-refractivity contribution is -0.312. The number of hydrogen-bond acceptors (Lipinski definition) is 8. The van der Waals surface area contributed by atoms with Crippen molar-refractivity contribution >= 4 is 18.6 Å². The van der Waals surface area contributed by atoms with Gasteiger partial charge in [0.1, 0.15) is 13.6 Å². The Balaban J connectivity index is 2.97. The highest BCUT2D eigenvalue weighted by Gasteiger charge is 1.94. The maximum Gasteiger partial charge on any atom is 0.152 e. The van der Waals surface area contributed by atoms with Crippen molar-refractivity contribution in [2.45, 2.75) is 57.8 Å². The Bertz CT molecular complexity index is 280. The molecule has 0 saturated carbocycles. The minimum absolute atomic E-state index is 0.0400. The molecule has 8 heteroatoms. The van der Waals surface area contributed by atoms with Crippen molar-refractivity contribution in [1.29, 1.82) is 0 Å². The van der Waals surface area contributed by atoms with Gasteiger partial charge >= 0.3 is 0 Å². The molecule has 150 valence electrons. The summed E-state index contributed by atoms with van der Waals surface area (Å²) in [5.41, 5.74) is 0. The van der Waals surface area contributed by atoms with Gasteiger partial charge in [0, 0.05) is 6.61 Å². The van der Waals surface area contributed by atoms with Crippen LogP contribution in [0.5, 0.6) is 0 Å². The molecule has 0 aromatic rings. The van der Waals surface area contributed by atoms with E-state index in [0.29, 0.717) is 6.61 Å². The first-order chi connectivity index (χ1) is 12.3. The maximum absolute atomic E-state index is 10.0. The third kappa shape index (κ3) is 23.6. The summed E-state index contributed by atoms with van der Waals surface area (Å²) in [6, 6.07) is 0. The first-order valence-corrected chi connectivity index (χ1v) is 9.60. The van der Waals surface area contributed by atoms with Crippen LogP contribution in [0, 0.1) is 0 Å². The molecule has 0 rings (SSSR count). The fraction of sp³-hybridized carbons (Fsp3) is 0.941. The number of hydrogen-bond donors (Lipinski definition) is 1. The van der Waals surface area contributed by atoms with E-state index in [9.17, 15) is 9.90 Å². The SMILES string of the molecule is O=C([O-])COCOCOCOCOCCCCCCCCCCCS. The average Bonchev–Trinajstić information content (AvgIpc) is 2.60. The second kappa shape index (κ2) is 21.7. The van der Waals surface area contributed by atoms with Crippen LogP contribution in [0.3, 0.4) is 0 Å². The number of aliphatic carboxylic acids is 1. The van der Waals surface area contributed by atoms with Crippen LogP contribution in [-0.2, 0) is 28.5 Å². The molecule has 0 spiro atoms. The molecule has 0 fully saturated rings. The second-order valence-corrected chi connectivity index (χ2v) is 6.07. The summed E-state index contributed by atoms with van der Waals surface area (Å²) in [4.78, 5) is 10.0. The number of carboxylic acids is 1. The largest absolute Gasteiger partial charge is 0.548 e. The zero-order valence-corrected chi connectivity index (χ0v) is 16.0. The molecule has 0 amide bonds. The number of ether oxygens (including phenoxy) is 5. The molecule has 0 aliphatic carbocycles. The Morgan fingerprint density at radius 3 is 1.60 bits per heavy atom. The highest BCUT2D eigenvalue weighted by atomic mass is 32.1. The number of carbonyl (C=O) groups is 1. The van der Waals surface area contributed by atoms with Gasteiger partial charge in [0.15, 0.2) is 13.6 Å². The summed E-state index contributed by atoms with van der Waals surface area (Å²) in [6.07, 6.45) is 11.3. The van der Waals surface area contributed by atoms with E-state index in [4.69, 9.17) is 18.9 Å². The quantitative estimate of drug-likeness (QED) is 0.185. The van der Waals surface area contributed by atoms with Crippen LogP contribution >= 0.6 is 12.6 Å². The van der Waals surface area contributed by atoms with E-state index in [1.807, 2.05) is 0 Å². The Kier molecular flexibility index (Phi) is 21.3.